The maximum atomic E-state index is 11.5. The van der Waals surface area contributed by atoms with Gasteiger partial charge in [0.15, 0.2) is 11.9 Å². The number of carbonyl (C=O) groups excluding carboxylic acids is 2. The monoisotopic (exact) mass is 346 g/mol. The molecule has 3 amide bonds. The van der Waals surface area contributed by atoms with Crippen molar-refractivity contribution in [1.29, 1.82) is 0 Å². The molecule has 8 N–H and O–H groups in total. The van der Waals surface area contributed by atoms with Crippen molar-refractivity contribution >= 4 is 17.9 Å². The molecule has 0 aliphatic heterocycles. The molecule has 3 atom stereocenters. The summed E-state index contributed by atoms with van der Waals surface area (Å²) in [5, 5.41) is 26.0. The molecule has 136 valence electrons. The highest BCUT2D eigenvalue weighted by atomic mass is 16.5. The Balaban J connectivity index is 0.00000118. The third-order valence-electron chi connectivity index (χ3n) is 2.33. The zero-order valence-electron chi connectivity index (χ0n) is 13.5. The molecular weight excluding hydrogens is 324 g/mol. The molecule has 0 fully saturated rings. The van der Waals surface area contributed by atoms with Gasteiger partial charge in [-0.25, -0.2) is 9.59 Å². The maximum Gasteiger partial charge on any atom is 0.328 e. The lowest BCUT2D eigenvalue weighted by Crippen LogP contribution is -2.51. The van der Waals surface area contributed by atoms with Gasteiger partial charge in [-0.05, 0) is 13.8 Å². The maximum absolute atomic E-state index is 11.5. The molecule has 12 heteroatoms. The number of rotatable bonds is 6. The quantitative estimate of drug-likeness (QED) is 0.343. The average Bonchev–Trinajstić information content (AvgIpc) is 2.90. The summed E-state index contributed by atoms with van der Waals surface area (Å²) in [6.07, 6.45) is -1.23. The predicted octanol–water partition coefficient (Wildman–Crippen LogP) is -1.79. The number of carboxylic acid groups (broad SMARTS) is 1. The van der Waals surface area contributed by atoms with Crippen molar-refractivity contribution in [3.8, 4) is 0 Å². The first kappa shape index (κ1) is 21.3. The summed E-state index contributed by atoms with van der Waals surface area (Å²) in [6, 6.07) is -2.58. The Morgan fingerprint density at radius 1 is 1.33 bits per heavy atom. The van der Waals surface area contributed by atoms with Crippen LogP contribution in [0.5, 0.6) is 0 Å². The Labute approximate surface area is 137 Å². The van der Waals surface area contributed by atoms with E-state index in [9.17, 15) is 19.5 Å². The van der Waals surface area contributed by atoms with Crippen LogP contribution in [0, 0.1) is 0 Å². The highest BCUT2D eigenvalue weighted by Gasteiger charge is 2.25. The molecule has 0 radical (unpaired) electrons. The summed E-state index contributed by atoms with van der Waals surface area (Å²) in [5.41, 5.74) is 10.0. The molecule has 12 nitrogen and oxygen atoms in total. The molecule has 0 saturated heterocycles. The molecule has 0 spiro atoms. The highest BCUT2D eigenvalue weighted by Crippen LogP contribution is 2.04. The topological polar surface area (TPSA) is 207 Å². The van der Waals surface area contributed by atoms with E-state index in [2.05, 4.69) is 26.5 Å². The van der Waals surface area contributed by atoms with Crippen LogP contribution < -0.4 is 22.1 Å². The van der Waals surface area contributed by atoms with Crippen LogP contribution in [0.25, 0.3) is 0 Å². The molecule has 1 rings (SSSR count). The number of amides is 3. The number of nitrogens with zero attached hydrogens (tertiary/aromatic N) is 2. The van der Waals surface area contributed by atoms with Gasteiger partial charge in [0, 0.05) is 6.92 Å². The smallest absolute Gasteiger partial charge is 0.328 e. The second kappa shape index (κ2) is 10.1. The van der Waals surface area contributed by atoms with Gasteiger partial charge in [-0.1, -0.05) is 5.16 Å². The van der Waals surface area contributed by atoms with E-state index in [-0.39, 0.29) is 18.3 Å². The van der Waals surface area contributed by atoms with E-state index in [0.717, 1.165) is 0 Å². The van der Waals surface area contributed by atoms with Crippen LogP contribution in [0.1, 0.15) is 38.5 Å². The van der Waals surface area contributed by atoms with Crippen molar-refractivity contribution in [3.63, 3.8) is 0 Å². The van der Waals surface area contributed by atoms with Gasteiger partial charge in [0.2, 0.25) is 11.8 Å². The van der Waals surface area contributed by atoms with Gasteiger partial charge in [-0.15, -0.1) is 0 Å². The molecule has 0 aliphatic carbocycles. The fraction of sp³-hybridized carbons (Fsp3) is 0.583. The third-order valence-corrected chi connectivity index (χ3v) is 2.33. The molecule has 1 aromatic rings. The average molecular weight is 346 g/mol. The highest BCUT2D eigenvalue weighted by molar-refractivity contribution is 5.82. The summed E-state index contributed by atoms with van der Waals surface area (Å²) in [7, 11) is 0. The van der Waals surface area contributed by atoms with E-state index < -0.39 is 30.2 Å². The molecule has 24 heavy (non-hydrogen) atoms. The summed E-state index contributed by atoms with van der Waals surface area (Å²) in [5.74, 6) is -1.24. The van der Waals surface area contributed by atoms with Crippen LogP contribution in [0.2, 0.25) is 0 Å². The van der Waals surface area contributed by atoms with E-state index >= 15 is 0 Å². The molecular formula is C12H22N6O6. The lowest BCUT2D eigenvalue weighted by atomic mass is 10.2. The zero-order valence-corrected chi connectivity index (χ0v) is 13.5. The van der Waals surface area contributed by atoms with E-state index in [0.29, 0.717) is 5.82 Å². The Morgan fingerprint density at radius 3 is 2.25 bits per heavy atom. The number of nitrogens with one attached hydrogen (secondary N) is 2. The first-order valence-corrected chi connectivity index (χ1v) is 6.83. The van der Waals surface area contributed by atoms with Gasteiger partial charge in [0.1, 0.15) is 0 Å². The van der Waals surface area contributed by atoms with Crippen molar-refractivity contribution in [1.82, 2.24) is 20.8 Å². The van der Waals surface area contributed by atoms with Crippen molar-refractivity contribution in [2.75, 3.05) is 0 Å². The number of hydrogen-bond acceptors (Lipinski definition) is 8. The molecule has 1 heterocycles. The number of aliphatic hydroxyl groups is 1. The van der Waals surface area contributed by atoms with Gasteiger partial charge in [-0.3, -0.25) is 4.79 Å². The van der Waals surface area contributed by atoms with Crippen molar-refractivity contribution in [2.45, 2.75) is 45.5 Å². The first-order chi connectivity index (χ1) is 11.0. The second-order valence-electron chi connectivity index (χ2n) is 4.83. The lowest BCUT2D eigenvalue weighted by Gasteiger charge is -2.16. The summed E-state index contributed by atoms with van der Waals surface area (Å²) in [6.45, 7) is 4.15. The Morgan fingerprint density at radius 2 is 1.88 bits per heavy atom. The molecule has 0 aromatic carbocycles. The normalized spacial score (nSPS) is 13.7. The van der Waals surface area contributed by atoms with Gasteiger partial charge in [0.25, 0.3) is 0 Å². The number of hydrogen-bond donors (Lipinski definition) is 6. The van der Waals surface area contributed by atoms with Crippen molar-refractivity contribution < 1.29 is 29.1 Å². The van der Waals surface area contributed by atoms with Crippen LogP contribution >= 0.6 is 0 Å². The molecule has 3 unspecified atom stereocenters. The fourth-order valence-electron chi connectivity index (χ4n) is 1.26. The van der Waals surface area contributed by atoms with Crippen LogP contribution in [0.15, 0.2) is 4.52 Å². The van der Waals surface area contributed by atoms with Crippen molar-refractivity contribution in [3.05, 3.63) is 11.7 Å². The number of aliphatic hydroxyl groups excluding tert-OH is 1. The van der Waals surface area contributed by atoms with Crippen molar-refractivity contribution in [2.24, 2.45) is 11.5 Å². The standard InChI is InChI=1S/C10H17N5O5.C2H5NO/c1-4(11)8-13-6(20-15-8)3-12-10(19)14-7(5(2)16)9(17)18;1-2(3)4/h4-5,7,16H,3,11H2,1-2H3,(H,17,18)(H2,12,14,19);1H3,(H2,3,4). The minimum Gasteiger partial charge on any atom is -0.480 e. The van der Waals surface area contributed by atoms with Gasteiger partial charge in [0.05, 0.1) is 18.7 Å². The molecule has 0 saturated carbocycles. The second-order valence-corrected chi connectivity index (χ2v) is 4.83. The number of primary amides is 1. The van der Waals surface area contributed by atoms with Gasteiger partial charge < -0.3 is 36.8 Å². The lowest BCUT2D eigenvalue weighted by molar-refractivity contribution is -0.141. The predicted molar refractivity (Wildman–Crippen MR) is 80.2 cm³/mol. The number of urea groups is 1. The minimum atomic E-state index is -1.41. The summed E-state index contributed by atoms with van der Waals surface area (Å²) < 4.78 is 4.83. The van der Waals surface area contributed by atoms with Crippen LogP contribution in [0.3, 0.4) is 0 Å². The number of aromatic nitrogens is 2. The van der Waals surface area contributed by atoms with Crippen LogP contribution in [-0.2, 0) is 16.1 Å². The number of carboxylic acids is 1. The Bertz CT molecular complexity index is 554. The summed E-state index contributed by atoms with van der Waals surface area (Å²) in [4.78, 5) is 35.4. The Kier molecular flexibility index (Phi) is 8.97. The third kappa shape index (κ3) is 8.65. The zero-order chi connectivity index (χ0) is 18.9. The number of carbonyl (C=O) groups is 3. The largest absolute Gasteiger partial charge is 0.480 e. The number of nitrogens with two attached hydrogens (primary N) is 2. The van der Waals surface area contributed by atoms with Gasteiger partial charge >= 0.3 is 12.0 Å². The van der Waals surface area contributed by atoms with Gasteiger partial charge in [-0.2, -0.15) is 4.98 Å². The molecule has 1 aromatic heterocycles. The molecule has 0 aliphatic rings. The van der Waals surface area contributed by atoms with E-state index in [1.807, 2.05) is 0 Å². The SMILES string of the molecule is CC(N)=O.CC(N)c1noc(CNC(=O)NC(C(=O)O)C(C)O)n1. The van der Waals surface area contributed by atoms with E-state index in [1.165, 1.54) is 13.8 Å². The summed E-state index contributed by atoms with van der Waals surface area (Å²) >= 11 is 0. The number of aliphatic carboxylic acids is 1. The fourth-order valence-corrected chi connectivity index (χ4v) is 1.26. The first-order valence-electron chi connectivity index (χ1n) is 6.83. The minimum absolute atomic E-state index is 0.0856. The Hall–Kier alpha value is -2.73. The van der Waals surface area contributed by atoms with E-state index in [1.54, 1.807) is 6.92 Å². The van der Waals surface area contributed by atoms with E-state index in [4.69, 9.17) is 15.4 Å². The van der Waals surface area contributed by atoms with Crippen LogP contribution in [-0.4, -0.2) is 50.4 Å². The van der Waals surface area contributed by atoms with Crippen LogP contribution in [0.4, 0.5) is 4.79 Å². The molecule has 0 bridgehead atoms.